The third-order valence-electron chi connectivity index (χ3n) is 3.21. The van der Waals surface area contributed by atoms with E-state index in [0.717, 1.165) is 5.56 Å². The molecule has 0 saturated carbocycles. The highest BCUT2D eigenvalue weighted by Crippen LogP contribution is 2.34. The topological polar surface area (TPSA) is 17.1 Å². The summed E-state index contributed by atoms with van der Waals surface area (Å²) < 4.78 is 0. The molecule has 0 unspecified atom stereocenters. The molecule has 0 aliphatic carbocycles. The molecule has 0 N–H and O–H groups in total. The summed E-state index contributed by atoms with van der Waals surface area (Å²) in [6.45, 7) is 13.1. The molecule has 1 radical (unpaired) electrons. The number of benzene rings is 1. The molecule has 0 bridgehead atoms. The van der Waals surface area contributed by atoms with Crippen LogP contribution in [0.3, 0.4) is 0 Å². The van der Waals surface area contributed by atoms with E-state index in [1.165, 1.54) is 16.7 Å². The maximum atomic E-state index is 11.1. The second-order valence-corrected chi connectivity index (χ2v) is 5.60. The van der Waals surface area contributed by atoms with E-state index in [1.807, 2.05) is 6.07 Å². The zero-order valence-electron chi connectivity index (χ0n) is 11.8. The molecule has 1 heteroatoms. The summed E-state index contributed by atoms with van der Waals surface area (Å²) in [5.41, 5.74) is 4.62. The van der Waals surface area contributed by atoms with Gasteiger partial charge in [0.15, 0.2) is 0 Å². The maximum Gasteiger partial charge on any atom is 0.233 e. The lowest BCUT2D eigenvalue weighted by atomic mass is 9.81. The lowest BCUT2D eigenvalue weighted by Crippen LogP contribution is -2.08. The highest BCUT2D eigenvalue weighted by atomic mass is 16.1. The maximum absolute atomic E-state index is 11.1. The first-order valence-corrected chi connectivity index (χ1v) is 6.44. The van der Waals surface area contributed by atoms with E-state index in [0.29, 0.717) is 17.8 Å². The summed E-state index contributed by atoms with van der Waals surface area (Å²) in [5.74, 6) is 1.30. The fourth-order valence-electron chi connectivity index (χ4n) is 2.51. The number of hydrogen-bond acceptors (Lipinski definition) is 1. The molecule has 93 valence electrons. The molecule has 0 spiro atoms. The second-order valence-electron chi connectivity index (χ2n) is 5.60. The van der Waals surface area contributed by atoms with Crippen molar-refractivity contribution in [3.8, 4) is 0 Å². The van der Waals surface area contributed by atoms with Crippen LogP contribution in [0.15, 0.2) is 12.1 Å². The molecule has 0 saturated heterocycles. The average molecular weight is 231 g/mol. The minimum atomic E-state index is 0.363. The molecule has 1 nitrogen and oxygen atoms in total. The summed E-state index contributed by atoms with van der Waals surface area (Å²) in [5, 5.41) is 0. The first-order valence-electron chi connectivity index (χ1n) is 6.44. The van der Waals surface area contributed by atoms with Crippen molar-refractivity contribution in [3.05, 3.63) is 34.4 Å². The Morgan fingerprint density at radius 1 is 0.824 bits per heavy atom. The van der Waals surface area contributed by atoms with Crippen LogP contribution in [0.2, 0.25) is 0 Å². The quantitative estimate of drug-likeness (QED) is 0.745. The molecule has 0 aromatic heterocycles. The van der Waals surface area contributed by atoms with Gasteiger partial charge >= 0.3 is 0 Å². The van der Waals surface area contributed by atoms with Gasteiger partial charge in [-0.25, -0.2) is 0 Å². The highest BCUT2D eigenvalue weighted by Gasteiger charge is 2.19. The van der Waals surface area contributed by atoms with Crippen LogP contribution in [0.4, 0.5) is 0 Å². The van der Waals surface area contributed by atoms with E-state index in [2.05, 4.69) is 53.9 Å². The molecular formula is C16H23O. The second kappa shape index (κ2) is 5.48. The fraction of sp³-hybridized carbons (Fsp3) is 0.562. The van der Waals surface area contributed by atoms with E-state index < -0.39 is 0 Å². The molecule has 1 aromatic carbocycles. The molecule has 0 fully saturated rings. The smallest absolute Gasteiger partial charge is 0.233 e. The van der Waals surface area contributed by atoms with Gasteiger partial charge in [-0.15, -0.1) is 0 Å². The van der Waals surface area contributed by atoms with Crippen molar-refractivity contribution in [1.82, 2.24) is 0 Å². The van der Waals surface area contributed by atoms with Gasteiger partial charge in [0.25, 0.3) is 0 Å². The molecule has 0 amide bonds. The number of rotatable bonds is 4. The Morgan fingerprint density at radius 2 is 1.35 bits per heavy atom. The van der Waals surface area contributed by atoms with Crippen molar-refractivity contribution in [2.75, 3.05) is 0 Å². The van der Waals surface area contributed by atoms with Crippen molar-refractivity contribution in [2.45, 2.75) is 59.3 Å². The Labute approximate surface area is 105 Å². The fourth-order valence-corrected chi connectivity index (χ4v) is 2.51. The van der Waals surface area contributed by atoms with E-state index in [9.17, 15) is 4.79 Å². The highest BCUT2D eigenvalue weighted by molar-refractivity contribution is 5.79. The van der Waals surface area contributed by atoms with Crippen molar-refractivity contribution in [1.29, 1.82) is 0 Å². The Bertz CT molecular complexity index is 400. The summed E-state index contributed by atoms with van der Waals surface area (Å²) in [6, 6.07) is 4.01. The van der Waals surface area contributed by atoms with Gasteiger partial charge in [-0.05, 0) is 34.4 Å². The summed E-state index contributed by atoms with van der Waals surface area (Å²) in [6.07, 6.45) is 2.09. The molecular weight excluding hydrogens is 208 g/mol. The molecule has 0 aliphatic heterocycles. The van der Waals surface area contributed by atoms with Crippen LogP contribution in [0.5, 0.6) is 0 Å². The monoisotopic (exact) mass is 231 g/mol. The standard InChI is InChI=1S/C16H23O/c1-10(2)14-8-7-13(9-17)15(11(3)4)16(14)12(5)6/h7-8,10-12H,1-6H3. The molecule has 0 atom stereocenters. The number of carbonyl (C=O) groups excluding carboxylic acids is 1. The van der Waals surface area contributed by atoms with Crippen LogP contribution in [0.1, 0.15) is 81.5 Å². The van der Waals surface area contributed by atoms with Gasteiger partial charge in [-0.2, -0.15) is 0 Å². The Balaban J connectivity index is 3.59. The third kappa shape index (κ3) is 2.77. The zero-order valence-corrected chi connectivity index (χ0v) is 11.8. The van der Waals surface area contributed by atoms with E-state index in [1.54, 1.807) is 0 Å². The predicted octanol–water partition coefficient (Wildman–Crippen LogP) is 4.51. The van der Waals surface area contributed by atoms with Gasteiger partial charge in [0.2, 0.25) is 6.29 Å². The summed E-state index contributed by atoms with van der Waals surface area (Å²) in [4.78, 5) is 11.1. The Hall–Kier alpha value is -1.11. The van der Waals surface area contributed by atoms with Gasteiger partial charge in [0.1, 0.15) is 0 Å². The molecule has 0 heterocycles. The SMILES string of the molecule is CC(C)c1ccc([C]=O)c(C(C)C)c1C(C)C. The third-order valence-corrected chi connectivity index (χ3v) is 3.21. The van der Waals surface area contributed by atoms with Crippen LogP contribution < -0.4 is 0 Å². The van der Waals surface area contributed by atoms with Gasteiger partial charge in [0, 0.05) is 5.56 Å². The Kier molecular flexibility index (Phi) is 4.50. The van der Waals surface area contributed by atoms with Crippen LogP contribution in [0, 0.1) is 0 Å². The molecule has 1 rings (SSSR count). The van der Waals surface area contributed by atoms with Gasteiger partial charge in [0.05, 0.1) is 0 Å². The molecule has 1 aromatic rings. The van der Waals surface area contributed by atoms with Crippen molar-refractivity contribution in [2.24, 2.45) is 0 Å². The van der Waals surface area contributed by atoms with Crippen LogP contribution in [-0.2, 0) is 4.79 Å². The van der Waals surface area contributed by atoms with E-state index in [4.69, 9.17) is 0 Å². The van der Waals surface area contributed by atoms with Gasteiger partial charge in [-0.1, -0.05) is 53.7 Å². The first-order chi connectivity index (χ1) is 7.90. The molecule has 0 aliphatic rings. The van der Waals surface area contributed by atoms with Crippen LogP contribution >= 0.6 is 0 Å². The van der Waals surface area contributed by atoms with E-state index in [-0.39, 0.29) is 0 Å². The van der Waals surface area contributed by atoms with Crippen LogP contribution in [-0.4, -0.2) is 6.29 Å². The normalized spacial score (nSPS) is 11.6. The predicted molar refractivity (Wildman–Crippen MR) is 73.5 cm³/mol. The van der Waals surface area contributed by atoms with Crippen molar-refractivity contribution < 1.29 is 4.79 Å². The van der Waals surface area contributed by atoms with Gasteiger partial charge in [-0.3, -0.25) is 4.79 Å². The van der Waals surface area contributed by atoms with Gasteiger partial charge < -0.3 is 0 Å². The lowest BCUT2D eigenvalue weighted by Gasteiger charge is -2.23. The largest absolute Gasteiger partial charge is 0.285 e. The van der Waals surface area contributed by atoms with E-state index >= 15 is 0 Å². The Morgan fingerprint density at radius 3 is 1.71 bits per heavy atom. The minimum absolute atomic E-state index is 0.363. The summed E-state index contributed by atoms with van der Waals surface area (Å²) >= 11 is 0. The first kappa shape index (κ1) is 14.0. The average Bonchev–Trinajstić information content (AvgIpc) is 2.26. The summed E-state index contributed by atoms with van der Waals surface area (Å²) in [7, 11) is 0. The molecule has 17 heavy (non-hydrogen) atoms. The van der Waals surface area contributed by atoms with Crippen molar-refractivity contribution in [3.63, 3.8) is 0 Å². The lowest BCUT2D eigenvalue weighted by molar-refractivity contribution is 0.561. The minimum Gasteiger partial charge on any atom is -0.285 e. The zero-order chi connectivity index (χ0) is 13.2. The van der Waals surface area contributed by atoms with Crippen LogP contribution in [0.25, 0.3) is 0 Å². The number of hydrogen-bond donors (Lipinski definition) is 0. The van der Waals surface area contributed by atoms with Crippen molar-refractivity contribution >= 4 is 6.29 Å².